The molecule has 20 heavy (non-hydrogen) atoms. The molecule has 6 heteroatoms. The Bertz CT molecular complexity index is 358. The summed E-state index contributed by atoms with van der Waals surface area (Å²) in [5.41, 5.74) is 0. The van der Waals surface area contributed by atoms with E-state index in [1.165, 1.54) is 0 Å². The van der Waals surface area contributed by atoms with Gasteiger partial charge in [-0.05, 0) is 12.3 Å². The molecule has 0 saturated carbocycles. The number of hydrogen-bond acceptors (Lipinski definition) is 3. The molecule has 1 aliphatic heterocycles. The maximum absolute atomic E-state index is 12.3. The van der Waals surface area contributed by atoms with Crippen LogP contribution in [-0.2, 0) is 4.79 Å². The largest absolute Gasteiger partial charge is 0.481 e. The Morgan fingerprint density at radius 2 is 2.00 bits per heavy atom. The quantitative estimate of drug-likeness (QED) is 0.836. The van der Waals surface area contributed by atoms with Crippen LogP contribution in [0.5, 0.6) is 0 Å². The molecule has 2 amide bonds. The van der Waals surface area contributed by atoms with Crippen LogP contribution in [0.25, 0.3) is 0 Å². The van der Waals surface area contributed by atoms with Crippen LogP contribution in [0.1, 0.15) is 40.5 Å². The molecule has 1 rings (SSSR count). The second kappa shape index (κ2) is 7.20. The van der Waals surface area contributed by atoms with Crippen molar-refractivity contribution in [1.29, 1.82) is 0 Å². The van der Waals surface area contributed by atoms with Gasteiger partial charge in [0, 0.05) is 29.6 Å². The van der Waals surface area contributed by atoms with Crippen molar-refractivity contribution < 1.29 is 14.7 Å². The maximum Gasteiger partial charge on any atom is 0.317 e. The molecule has 0 aromatic heterocycles. The van der Waals surface area contributed by atoms with Crippen LogP contribution in [0.4, 0.5) is 4.79 Å². The van der Waals surface area contributed by atoms with Crippen LogP contribution in [0.2, 0.25) is 0 Å². The molecule has 5 nitrogen and oxygen atoms in total. The highest BCUT2D eigenvalue weighted by Crippen LogP contribution is 2.30. The van der Waals surface area contributed by atoms with Gasteiger partial charge >= 0.3 is 12.0 Å². The van der Waals surface area contributed by atoms with Crippen molar-refractivity contribution in [3.8, 4) is 0 Å². The molecule has 0 spiro atoms. The minimum absolute atomic E-state index is 0.0303. The number of nitrogens with one attached hydrogen (secondary N) is 1. The van der Waals surface area contributed by atoms with E-state index in [9.17, 15) is 9.59 Å². The Balaban J connectivity index is 2.58. The summed E-state index contributed by atoms with van der Waals surface area (Å²) in [6.07, 6.45) is 0.924. The van der Waals surface area contributed by atoms with E-state index in [0.29, 0.717) is 0 Å². The number of nitrogens with zero attached hydrogens (tertiary/aromatic N) is 1. The lowest BCUT2D eigenvalue weighted by Gasteiger charge is -2.27. The van der Waals surface area contributed by atoms with E-state index in [4.69, 9.17) is 5.11 Å². The third kappa shape index (κ3) is 5.61. The van der Waals surface area contributed by atoms with Gasteiger partial charge in [-0.2, -0.15) is 11.8 Å². The Labute approximate surface area is 125 Å². The standard InChI is InChI=1S/C14H26N2O3S/c1-10(2)11(9-12(17)18)15-13(19)16-6-5-14(3,4)20-8-7-16/h10-11H,5-9H2,1-4H3,(H,15,19)(H,17,18). The molecule has 0 radical (unpaired) electrons. The van der Waals surface area contributed by atoms with Crippen molar-refractivity contribution in [2.24, 2.45) is 5.92 Å². The smallest absolute Gasteiger partial charge is 0.317 e. The predicted octanol–water partition coefficient (Wildman–Crippen LogP) is 2.41. The molecule has 1 atom stereocenters. The molecule has 0 aromatic rings. The van der Waals surface area contributed by atoms with Crippen LogP contribution in [-0.4, -0.2) is 51.6 Å². The van der Waals surface area contributed by atoms with Gasteiger partial charge in [0.2, 0.25) is 0 Å². The van der Waals surface area contributed by atoms with E-state index in [1.807, 2.05) is 25.6 Å². The number of carboxylic acid groups (broad SMARTS) is 1. The second-order valence-electron chi connectivity index (χ2n) is 6.24. The highest BCUT2D eigenvalue weighted by Gasteiger charge is 2.27. The van der Waals surface area contributed by atoms with Crippen LogP contribution in [0.15, 0.2) is 0 Å². The minimum Gasteiger partial charge on any atom is -0.481 e. The number of hydrogen-bond donors (Lipinski definition) is 2. The van der Waals surface area contributed by atoms with Gasteiger partial charge in [0.05, 0.1) is 6.42 Å². The lowest BCUT2D eigenvalue weighted by molar-refractivity contribution is -0.137. The van der Waals surface area contributed by atoms with E-state index in [-0.39, 0.29) is 29.2 Å². The number of rotatable bonds is 4. The van der Waals surface area contributed by atoms with Crippen LogP contribution in [0, 0.1) is 5.92 Å². The molecule has 2 N–H and O–H groups in total. The van der Waals surface area contributed by atoms with Crippen LogP contribution >= 0.6 is 11.8 Å². The number of amides is 2. The molecule has 1 saturated heterocycles. The van der Waals surface area contributed by atoms with Gasteiger partial charge < -0.3 is 15.3 Å². The minimum atomic E-state index is -0.878. The van der Waals surface area contributed by atoms with Gasteiger partial charge in [-0.15, -0.1) is 0 Å². The predicted molar refractivity (Wildman–Crippen MR) is 82.1 cm³/mol. The molecule has 0 bridgehead atoms. The molecule has 1 unspecified atom stereocenters. The van der Waals surface area contributed by atoms with Crippen molar-refractivity contribution in [1.82, 2.24) is 10.2 Å². The number of aliphatic carboxylic acids is 1. The van der Waals surface area contributed by atoms with Gasteiger partial charge in [-0.3, -0.25) is 4.79 Å². The summed E-state index contributed by atoms with van der Waals surface area (Å²) in [6.45, 7) is 9.69. The first-order valence-electron chi connectivity index (χ1n) is 7.12. The second-order valence-corrected chi connectivity index (χ2v) is 8.05. The Morgan fingerprint density at radius 3 is 2.55 bits per heavy atom. The fraction of sp³-hybridized carbons (Fsp3) is 0.857. The zero-order chi connectivity index (χ0) is 15.3. The van der Waals surface area contributed by atoms with Gasteiger partial charge in [0.15, 0.2) is 0 Å². The zero-order valence-electron chi connectivity index (χ0n) is 12.8. The summed E-state index contributed by atoms with van der Waals surface area (Å²) in [6, 6.07) is -0.452. The monoisotopic (exact) mass is 302 g/mol. The number of carbonyl (C=O) groups is 2. The Kier molecular flexibility index (Phi) is 6.17. The first-order valence-corrected chi connectivity index (χ1v) is 8.11. The molecule has 0 aliphatic carbocycles. The van der Waals surface area contributed by atoms with E-state index in [1.54, 1.807) is 4.90 Å². The highest BCUT2D eigenvalue weighted by atomic mass is 32.2. The topological polar surface area (TPSA) is 69.6 Å². The first-order chi connectivity index (χ1) is 9.21. The number of carbonyl (C=O) groups excluding carboxylic acids is 1. The van der Waals surface area contributed by atoms with E-state index in [2.05, 4.69) is 19.2 Å². The van der Waals surface area contributed by atoms with Gasteiger partial charge in [0.1, 0.15) is 0 Å². The lowest BCUT2D eigenvalue weighted by atomic mass is 10.0. The molecule has 0 aromatic carbocycles. The van der Waals surface area contributed by atoms with Crippen molar-refractivity contribution in [3.05, 3.63) is 0 Å². The SMILES string of the molecule is CC(C)C(CC(=O)O)NC(=O)N1CCSC(C)(C)CC1. The van der Waals surface area contributed by atoms with Crippen molar-refractivity contribution in [2.45, 2.75) is 51.3 Å². The average molecular weight is 302 g/mol. The van der Waals surface area contributed by atoms with E-state index >= 15 is 0 Å². The van der Waals surface area contributed by atoms with Gasteiger partial charge in [-0.25, -0.2) is 4.79 Å². The molecule has 1 heterocycles. The van der Waals surface area contributed by atoms with Crippen molar-refractivity contribution >= 4 is 23.8 Å². The fourth-order valence-electron chi connectivity index (χ4n) is 2.11. The Hall–Kier alpha value is -0.910. The third-order valence-electron chi connectivity index (χ3n) is 3.63. The Morgan fingerprint density at radius 1 is 1.35 bits per heavy atom. The first kappa shape index (κ1) is 17.1. The van der Waals surface area contributed by atoms with Crippen molar-refractivity contribution in [3.63, 3.8) is 0 Å². The van der Waals surface area contributed by atoms with Crippen LogP contribution < -0.4 is 5.32 Å². The zero-order valence-corrected chi connectivity index (χ0v) is 13.6. The molecule has 116 valence electrons. The fourth-order valence-corrected chi connectivity index (χ4v) is 3.21. The van der Waals surface area contributed by atoms with Crippen molar-refractivity contribution in [2.75, 3.05) is 18.8 Å². The molecule has 1 aliphatic rings. The van der Waals surface area contributed by atoms with E-state index in [0.717, 1.165) is 25.3 Å². The maximum atomic E-state index is 12.3. The van der Waals surface area contributed by atoms with Crippen LogP contribution in [0.3, 0.4) is 0 Å². The third-order valence-corrected chi connectivity index (χ3v) is 5.01. The molecule has 1 fully saturated rings. The summed E-state index contributed by atoms with van der Waals surface area (Å²) in [5, 5.41) is 11.8. The summed E-state index contributed by atoms with van der Waals surface area (Å²) in [7, 11) is 0. The summed E-state index contributed by atoms with van der Waals surface area (Å²) >= 11 is 1.88. The van der Waals surface area contributed by atoms with E-state index < -0.39 is 5.97 Å². The number of urea groups is 1. The average Bonchev–Trinajstić information content (AvgIpc) is 2.48. The number of thioether (sulfide) groups is 1. The normalized spacial score (nSPS) is 20.4. The van der Waals surface area contributed by atoms with Gasteiger partial charge in [-0.1, -0.05) is 27.7 Å². The number of carboxylic acids is 1. The molecular formula is C14H26N2O3S. The summed E-state index contributed by atoms with van der Waals surface area (Å²) in [5.74, 6) is 0.149. The molecular weight excluding hydrogens is 276 g/mol. The summed E-state index contributed by atoms with van der Waals surface area (Å²) in [4.78, 5) is 24.9. The van der Waals surface area contributed by atoms with Gasteiger partial charge in [0.25, 0.3) is 0 Å². The lowest BCUT2D eigenvalue weighted by Crippen LogP contribution is -2.48. The highest BCUT2D eigenvalue weighted by molar-refractivity contribution is 8.00. The summed E-state index contributed by atoms with van der Waals surface area (Å²) < 4.78 is 0.202.